The maximum atomic E-state index is 12.8. The third-order valence-corrected chi connectivity index (χ3v) is 5.10. The van der Waals surface area contributed by atoms with Gasteiger partial charge in [-0.15, -0.1) is 0 Å². The average Bonchev–Trinajstić information content (AvgIpc) is 2.96. The number of benzene rings is 1. The number of piperidine rings is 1. The lowest BCUT2D eigenvalue weighted by atomic mass is 9.91. The zero-order valence-corrected chi connectivity index (χ0v) is 14.8. The van der Waals surface area contributed by atoms with Gasteiger partial charge >= 0.3 is 0 Å². The standard InChI is InChI=1S/C18H23ClN4O/c1-12(20)14-6-8-22(9-7-14)18(24)17-11-21-23(13(17)2)16-5-3-4-15(19)10-16/h3-5,10-12,14H,6-9,20H2,1-2H3. The molecular formula is C18H23ClN4O. The van der Waals surface area contributed by atoms with Crippen LogP contribution in [0.5, 0.6) is 0 Å². The third kappa shape index (κ3) is 3.32. The Morgan fingerprint density at radius 2 is 2.08 bits per heavy atom. The number of amides is 1. The van der Waals surface area contributed by atoms with Crippen LogP contribution in [-0.2, 0) is 0 Å². The molecule has 128 valence electrons. The van der Waals surface area contributed by atoms with E-state index in [4.69, 9.17) is 17.3 Å². The van der Waals surface area contributed by atoms with E-state index < -0.39 is 0 Å². The molecule has 3 rings (SSSR count). The summed E-state index contributed by atoms with van der Waals surface area (Å²) in [4.78, 5) is 14.7. The Labute approximate surface area is 147 Å². The van der Waals surface area contributed by atoms with Gasteiger partial charge in [0.05, 0.1) is 23.1 Å². The number of carbonyl (C=O) groups is 1. The fourth-order valence-corrected chi connectivity index (χ4v) is 3.47. The largest absolute Gasteiger partial charge is 0.339 e. The van der Waals surface area contributed by atoms with Gasteiger partial charge in [-0.3, -0.25) is 4.79 Å². The van der Waals surface area contributed by atoms with Gasteiger partial charge < -0.3 is 10.6 Å². The van der Waals surface area contributed by atoms with E-state index in [9.17, 15) is 4.79 Å². The normalized spacial score (nSPS) is 17.1. The summed E-state index contributed by atoms with van der Waals surface area (Å²) in [6.07, 6.45) is 3.58. The van der Waals surface area contributed by atoms with Crippen LogP contribution < -0.4 is 5.73 Å². The van der Waals surface area contributed by atoms with Crippen LogP contribution in [0.15, 0.2) is 30.5 Å². The summed E-state index contributed by atoms with van der Waals surface area (Å²) in [6, 6.07) is 7.64. The van der Waals surface area contributed by atoms with Gasteiger partial charge in [0.25, 0.3) is 5.91 Å². The first kappa shape index (κ1) is 17.0. The first-order valence-corrected chi connectivity index (χ1v) is 8.70. The molecule has 0 bridgehead atoms. The number of carbonyl (C=O) groups excluding carboxylic acids is 1. The molecule has 1 aliphatic rings. The van der Waals surface area contributed by atoms with Gasteiger partial charge in [-0.25, -0.2) is 4.68 Å². The van der Waals surface area contributed by atoms with Gasteiger partial charge in [0.2, 0.25) is 0 Å². The molecule has 6 heteroatoms. The Kier molecular flexibility index (Phi) is 4.92. The quantitative estimate of drug-likeness (QED) is 0.929. The van der Waals surface area contributed by atoms with E-state index in [1.807, 2.05) is 43.0 Å². The highest BCUT2D eigenvalue weighted by Crippen LogP contribution is 2.23. The maximum absolute atomic E-state index is 12.8. The lowest BCUT2D eigenvalue weighted by Crippen LogP contribution is -2.42. The van der Waals surface area contributed by atoms with Crippen molar-refractivity contribution < 1.29 is 4.79 Å². The summed E-state index contributed by atoms with van der Waals surface area (Å²) in [5, 5.41) is 5.02. The second kappa shape index (κ2) is 6.95. The molecule has 1 unspecified atom stereocenters. The fourth-order valence-electron chi connectivity index (χ4n) is 3.29. The molecule has 1 fully saturated rings. The van der Waals surface area contributed by atoms with E-state index in [0.29, 0.717) is 16.5 Å². The summed E-state index contributed by atoms with van der Waals surface area (Å²) < 4.78 is 1.76. The van der Waals surface area contributed by atoms with Gasteiger partial charge in [-0.1, -0.05) is 17.7 Å². The molecule has 2 heterocycles. The minimum Gasteiger partial charge on any atom is -0.339 e. The van der Waals surface area contributed by atoms with Crippen molar-refractivity contribution in [3.8, 4) is 5.69 Å². The predicted molar refractivity (Wildman–Crippen MR) is 95.6 cm³/mol. The molecule has 1 aliphatic heterocycles. The van der Waals surface area contributed by atoms with Crippen molar-refractivity contribution in [3.63, 3.8) is 0 Å². The number of hydrogen-bond donors (Lipinski definition) is 1. The molecule has 1 saturated heterocycles. The van der Waals surface area contributed by atoms with Crippen molar-refractivity contribution in [2.45, 2.75) is 32.7 Å². The Morgan fingerprint density at radius 1 is 1.38 bits per heavy atom. The number of hydrogen-bond acceptors (Lipinski definition) is 3. The molecule has 0 spiro atoms. The Morgan fingerprint density at radius 3 is 2.71 bits per heavy atom. The van der Waals surface area contributed by atoms with E-state index in [0.717, 1.165) is 37.3 Å². The van der Waals surface area contributed by atoms with E-state index in [1.54, 1.807) is 10.9 Å². The first-order valence-electron chi connectivity index (χ1n) is 8.33. The molecule has 2 N–H and O–H groups in total. The highest BCUT2D eigenvalue weighted by atomic mass is 35.5. The molecule has 1 amide bonds. The van der Waals surface area contributed by atoms with Crippen LogP contribution >= 0.6 is 11.6 Å². The summed E-state index contributed by atoms with van der Waals surface area (Å²) in [5.41, 5.74) is 8.31. The highest BCUT2D eigenvalue weighted by molar-refractivity contribution is 6.30. The molecule has 5 nitrogen and oxygen atoms in total. The van der Waals surface area contributed by atoms with Gasteiger partial charge in [0.1, 0.15) is 0 Å². The van der Waals surface area contributed by atoms with E-state index in [-0.39, 0.29) is 11.9 Å². The summed E-state index contributed by atoms with van der Waals surface area (Å²) >= 11 is 6.05. The summed E-state index contributed by atoms with van der Waals surface area (Å²) in [6.45, 7) is 5.47. The number of likely N-dealkylation sites (tertiary alicyclic amines) is 1. The van der Waals surface area contributed by atoms with Crippen molar-refractivity contribution in [3.05, 3.63) is 46.7 Å². The van der Waals surface area contributed by atoms with Crippen molar-refractivity contribution in [2.75, 3.05) is 13.1 Å². The lowest BCUT2D eigenvalue weighted by molar-refractivity contribution is 0.0680. The smallest absolute Gasteiger partial charge is 0.257 e. The van der Waals surface area contributed by atoms with Crippen LogP contribution in [-0.4, -0.2) is 39.7 Å². The zero-order valence-electron chi connectivity index (χ0n) is 14.1. The van der Waals surface area contributed by atoms with Crippen molar-refractivity contribution in [2.24, 2.45) is 11.7 Å². The van der Waals surface area contributed by atoms with Crippen molar-refractivity contribution in [1.82, 2.24) is 14.7 Å². The number of rotatable bonds is 3. The molecule has 0 saturated carbocycles. The molecule has 2 aromatic rings. The second-order valence-electron chi connectivity index (χ2n) is 6.52. The topological polar surface area (TPSA) is 64.2 Å². The number of nitrogens with two attached hydrogens (primary N) is 1. The Balaban J connectivity index is 1.78. The van der Waals surface area contributed by atoms with Gasteiger partial charge in [-0.05, 0) is 50.8 Å². The molecule has 0 aliphatic carbocycles. The van der Waals surface area contributed by atoms with Crippen LogP contribution in [0.4, 0.5) is 0 Å². The number of halogens is 1. The van der Waals surface area contributed by atoms with Gasteiger partial charge in [0.15, 0.2) is 0 Å². The van der Waals surface area contributed by atoms with Crippen molar-refractivity contribution >= 4 is 17.5 Å². The van der Waals surface area contributed by atoms with E-state index in [2.05, 4.69) is 5.10 Å². The monoisotopic (exact) mass is 346 g/mol. The SMILES string of the molecule is Cc1c(C(=O)N2CCC(C(C)N)CC2)cnn1-c1cccc(Cl)c1. The van der Waals surface area contributed by atoms with Crippen LogP contribution in [0.3, 0.4) is 0 Å². The lowest BCUT2D eigenvalue weighted by Gasteiger charge is -2.33. The van der Waals surface area contributed by atoms with Crippen LogP contribution in [0.25, 0.3) is 5.69 Å². The minimum absolute atomic E-state index is 0.0453. The van der Waals surface area contributed by atoms with Crippen LogP contribution in [0.2, 0.25) is 5.02 Å². The first-order chi connectivity index (χ1) is 11.5. The van der Waals surface area contributed by atoms with E-state index in [1.165, 1.54) is 0 Å². The Bertz CT molecular complexity index is 732. The summed E-state index contributed by atoms with van der Waals surface area (Å²) in [7, 11) is 0. The van der Waals surface area contributed by atoms with E-state index >= 15 is 0 Å². The zero-order chi connectivity index (χ0) is 17.3. The van der Waals surface area contributed by atoms with Crippen molar-refractivity contribution in [1.29, 1.82) is 0 Å². The molecule has 1 aromatic heterocycles. The van der Waals surface area contributed by atoms with Crippen LogP contribution in [0.1, 0.15) is 35.8 Å². The molecule has 1 atom stereocenters. The van der Waals surface area contributed by atoms with Crippen LogP contribution in [0, 0.1) is 12.8 Å². The van der Waals surface area contributed by atoms with Gasteiger partial charge in [0, 0.05) is 24.2 Å². The average molecular weight is 347 g/mol. The maximum Gasteiger partial charge on any atom is 0.257 e. The molecular weight excluding hydrogens is 324 g/mol. The number of aromatic nitrogens is 2. The number of nitrogens with zero attached hydrogens (tertiary/aromatic N) is 3. The second-order valence-corrected chi connectivity index (χ2v) is 6.96. The fraction of sp³-hybridized carbons (Fsp3) is 0.444. The predicted octanol–water partition coefficient (Wildman–Crippen LogP) is 3.03. The summed E-state index contributed by atoms with van der Waals surface area (Å²) in [5.74, 6) is 0.549. The molecule has 0 radical (unpaired) electrons. The molecule has 1 aromatic carbocycles. The van der Waals surface area contributed by atoms with Gasteiger partial charge in [-0.2, -0.15) is 5.10 Å². The Hall–Kier alpha value is -1.85. The highest BCUT2D eigenvalue weighted by Gasteiger charge is 2.27. The minimum atomic E-state index is 0.0453. The third-order valence-electron chi connectivity index (χ3n) is 4.86. The molecule has 24 heavy (non-hydrogen) atoms.